The van der Waals surface area contributed by atoms with Gasteiger partial charge in [-0.25, -0.2) is 0 Å². The minimum absolute atomic E-state index is 0.418. The maximum Gasteiger partial charge on any atom is 0.0769 e. The van der Waals surface area contributed by atoms with Gasteiger partial charge in [0.15, 0.2) is 0 Å². The van der Waals surface area contributed by atoms with E-state index in [0.29, 0.717) is 5.92 Å². The maximum absolute atomic E-state index is 6.53. The molecule has 0 spiro atoms. The van der Waals surface area contributed by atoms with Gasteiger partial charge in [-0.2, -0.15) is 0 Å². The molecule has 19 heavy (non-hydrogen) atoms. The molecule has 2 aromatic rings. The van der Waals surface area contributed by atoms with Gasteiger partial charge in [-0.05, 0) is 29.7 Å². The van der Waals surface area contributed by atoms with Crippen LogP contribution in [0, 0.1) is 0 Å². The average molecular weight is 288 g/mol. The Bertz CT molecular complexity index is 662. The first-order valence-electron chi connectivity index (χ1n) is 6.30. The molecule has 0 N–H and O–H groups in total. The van der Waals surface area contributed by atoms with Gasteiger partial charge in [-0.1, -0.05) is 55.4 Å². The van der Waals surface area contributed by atoms with Crippen molar-refractivity contribution in [1.82, 2.24) is 0 Å². The van der Waals surface area contributed by atoms with Gasteiger partial charge in [-0.3, -0.25) is 4.99 Å². The highest BCUT2D eigenvalue weighted by molar-refractivity contribution is 7.99. The van der Waals surface area contributed by atoms with Crippen molar-refractivity contribution in [2.24, 2.45) is 4.99 Å². The summed E-state index contributed by atoms with van der Waals surface area (Å²) in [7, 11) is 0. The Morgan fingerprint density at radius 1 is 1.05 bits per heavy atom. The Morgan fingerprint density at radius 2 is 1.84 bits per heavy atom. The minimum atomic E-state index is 0.418. The number of nitrogens with zero attached hydrogens (tertiary/aromatic N) is 1. The Kier molecular flexibility index (Phi) is 3.38. The fourth-order valence-corrected chi connectivity index (χ4v) is 3.65. The Morgan fingerprint density at radius 3 is 2.63 bits per heavy atom. The predicted octanol–water partition coefficient (Wildman–Crippen LogP) is 5.68. The molecule has 0 fully saturated rings. The molecular weight excluding hydrogens is 274 g/mol. The lowest BCUT2D eigenvalue weighted by molar-refractivity contribution is 0.864. The lowest BCUT2D eigenvalue weighted by Crippen LogP contribution is -1.95. The van der Waals surface area contributed by atoms with E-state index in [-0.39, 0.29) is 0 Å². The van der Waals surface area contributed by atoms with Crippen LogP contribution in [0.15, 0.2) is 51.2 Å². The summed E-state index contributed by atoms with van der Waals surface area (Å²) in [6, 6.07) is 12.4. The molecule has 96 valence electrons. The van der Waals surface area contributed by atoms with Crippen molar-refractivity contribution in [3.8, 4) is 0 Å². The molecule has 0 aromatic heterocycles. The molecule has 3 heteroatoms. The third-order valence-electron chi connectivity index (χ3n) is 3.21. The topological polar surface area (TPSA) is 12.4 Å². The molecule has 1 aliphatic rings. The fourth-order valence-electron chi connectivity index (χ4n) is 2.15. The van der Waals surface area contributed by atoms with Crippen LogP contribution in [0.1, 0.15) is 30.9 Å². The molecule has 0 saturated heterocycles. The molecule has 1 heterocycles. The number of hydrogen-bond donors (Lipinski definition) is 0. The van der Waals surface area contributed by atoms with Crippen LogP contribution in [-0.2, 0) is 0 Å². The number of para-hydroxylation sites is 1. The Balaban J connectivity index is 2.16. The predicted molar refractivity (Wildman–Crippen MR) is 83.4 cm³/mol. The number of aliphatic imine (C=N–C) groups is 1. The summed E-state index contributed by atoms with van der Waals surface area (Å²) in [5.41, 5.74) is 3.22. The number of rotatable bonds is 1. The summed E-state index contributed by atoms with van der Waals surface area (Å²) in [5.74, 6) is 0.418. The number of halogens is 1. The van der Waals surface area contributed by atoms with Gasteiger partial charge in [-0.15, -0.1) is 0 Å². The van der Waals surface area contributed by atoms with E-state index < -0.39 is 0 Å². The van der Waals surface area contributed by atoms with Gasteiger partial charge < -0.3 is 0 Å². The number of benzene rings is 2. The third kappa shape index (κ3) is 2.31. The number of fused-ring (bicyclic) bond motifs is 2. The van der Waals surface area contributed by atoms with Crippen molar-refractivity contribution >= 4 is 35.3 Å². The number of hydrogen-bond acceptors (Lipinski definition) is 2. The molecule has 0 unspecified atom stereocenters. The SMILES string of the molecule is CC(C)c1ccc2c(c1Cl)C=Nc1ccccc1S2. The van der Waals surface area contributed by atoms with Gasteiger partial charge in [0.1, 0.15) is 0 Å². The molecule has 0 saturated carbocycles. The van der Waals surface area contributed by atoms with Crippen molar-refractivity contribution in [2.75, 3.05) is 0 Å². The van der Waals surface area contributed by atoms with Crippen molar-refractivity contribution in [3.63, 3.8) is 0 Å². The van der Waals surface area contributed by atoms with E-state index in [1.54, 1.807) is 11.8 Å². The lowest BCUT2D eigenvalue weighted by Gasteiger charge is -2.12. The zero-order valence-corrected chi connectivity index (χ0v) is 12.4. The van der Waals surface area contributed by atoms with Crippen LogP contribution in [-0.4, -0.2) is 6.21 Å². The molecule has 0 bridgehead atoms. The van der Waals surface area contributed by atoms with Gasteiger partial charge in [0.25, 0.3) is 0 Å². The smallest absolute Gasteiger partial charge is 0.0769 e. The molecule has 1 aliphatic heterocycles. The first-order valence-corrected chi connectivity index (χ1v) is 7.49. The highest BCUT2D eigenvalue weighted by Gasteiger charge is 2.16. The first-order chi connectivity index (χ1) is 9.16. The van der Waals surface area contributed by atoms with E-state index in [0.717, 1.165) is 16.3 Å². The van der Waals surface area contributed by atoms with E-state index in [1.165, 1.54) is 15.4 Å². The van der Waals surface area contributed by atoms with Crippen LogP contribution in [0.3, 0.4) is 0 Å². The monoisotopic (exact) mass is 287 g/mol. The van der Waals surface area contributed by atoms with Crippen LogP contribution < -0.4 is 0 Å². The summed E-state index contributed by atoms with van der Waals surface area (Å²) in [6.45, 7) is 4.31. The highest BCUT2D eigenvalue weighted by Crippen LogP contribution is 2.42. The molecule has 3 rings (SSSR count). The van der Waals surface area contributed by atoms with E-state index in [2.05, 4.69) is 37.0 Å². The maximum atomic E-state index is 6.53. The normalized spacial score (nSPS) is 13.1. The Labute approximate surface area is 122 Å². The summed E-state index contributed by atoms with van der Waals surface area (Å²) in [6.07, 6.45) is 1.89. The molecule has 2 aromatic carbocycles. The van der Waals surface area contributed by atoms with Crippen molar-refractivity contribution in [3.05, 3.63) is 52.5 Å². The van der Waals surface area contributed by atoms with Gasteiger partial charge >= 0.3 is 0 Å². The van der Waals surface area contributed by atoms with E-state index >= 15 is 0 Å². The average Bonchev–Trinajstić information content (AvgIpc) is 2.58. The highest BCUT2D eigenvalue weighted by atomic mass is 35.5. The second-order valence-corrected chi connectivity index (χ2v) is 6.33. The van der Waals surface area contributed by atoms with E-state index in [1.807, 2.05) is 24.4 Å². The molecule has 0 atom stereocenters. The summed E-state index contributed by atoms with van der Waals surface area (Å²) in [4.78, 5) is 6.90. The summed E-state index contributed by atoms with van der Waals surface area (Å²) >= 11 is 8.26. The molecule has 0 radical (unpaired) electrons. The van der Waals surface area contributed by atoms with Crippen molar-refractivity contribution in [1.29, 1.82) is 0 Å². The molecular formula is C16H14ClNS. The van der Waals surface area contributed by atoms with E-state index in [4.69, 9.17) is 11.6 Å². The van der Waals surface area contributed by atoms with Crippen LogP contribution in [0.5, 0.6) is 0 Å². The molecule has 0 amide bonds. The van der Waals surface area contributed by atoms with Crippen molar-refractivity contribution < 1.29 is 0 Å². The minimum Gasteiger partial charge on any atom is -0.255 e. The van der Waals surface area contributed by atoms with Gasteiger partial charge in [0.05, 0.1) is 10.7 Å². The van der Waals surface area contributed by atoms with Gasteiger partial charge in [0, 0.05) is 21.6 Å². The van der Waals surface area contributed by atoms with Crippen molar-refractivity contribution in [2.45, 2.75) is 29.6 Å². The summed E-state index contributed by atoms with van der Waals surface area (Å²) in [5, 5.41) is 0.830. The first kappa shape index (κ1) is 12.8. The zero-order valence-electron chi connectivity index (χ0n) is 10.9. The van der Waals surface area contributed by atoms with Crippen LogP contribution in [0.4, 0.5) is 5.69 Å². The second kappa shape index (κ2) is 5.03. The van der Waals surface area contributed by atoms with Crippen LogP contribution >= 0.6 is 23.4 Å². The summed E-state index contributed by atoms with van der Waals surface area (Å²) < 4.78 is 0. The Hall–Kier alpha value is -1.25. The van der Waals surface area contributed by atoms with E-state index in [9.17, 15) is 0 Å². The molecule has 1 nitrogen and oxygen atoms in total. The standard InChI is InChI=1S/C16H14ClNS/c1-10(2)11-7-8-14-12(16(11)17)9-18-13-5-3-4-6-15(13)19-14/h3-10H,1-2H3. The lowest BCUT2D eigenvalue weighted by atomic mass is 10.0. The van der Waals surface area contributed by atoms with Crippen LogP contribution in [0.2, 0.25) is 5.02 Å². The van der Waals surface area contributed by atoms with Crippen LogP contribution in [0.25, 0.3) is 0 Å². The quantitative estimate of drug-likeness (QED) is 0.561. The zero-order chi connectivity index (χ0) is 13.4. The molecule has 0 aliphatic carbocycles. The third-order valence-corrected chi connectivity index (χ3v) is 4.77. The van der Waals surface area contributed by atoms with Gasteiger partial charge in [0.2, 0.25) is 0 Å². The second-order valence-electron chi connectivity index (χ2n) is 4.86. The largest absolute Gasteiger partial charge is 0.255 e. The fraction of sp³-hybridized carbons (Fsp3) is 0.188.